The van der Waals surface area contributed by atoms with Crippen LogP contribution in [0.2, 0.25) is 0 Å². The number of carbonyl (C=O) groups excluding carboxylic acids is 2. The van der Waals surface area contributed by atoms with E-state index < -0.39 is 131 Å². The van der Waals surface area contributed by atoms with Gasteiger partial charge >= 0.3 is 0 Å². The number of carbonyl (C=O) groups is 2. The first-order chi connectivity index (χ1) is 33.2. The van der Waals surface area contributed by atoms with Crippen LogP contribution in [0.3, 0.4) is 0 Å². The summed E-state index contributed by atoms with van der Waals surface area (Å²) in [4.78, 5) is 22.1. The zero-order valence-corrected chi connectivity index (χ0v) is 39.2. The van der Waals surface area contributed by atoms with Crippen LogP contribution in [0, 0.1) is 6.92 Å². The summed E-state index contributed by atoms with van der Waals surface area (Å²) >= 11 is 0. The van der Waals surface area contributed by atoms with Crippen LogP contribution in [0.15, 0.2) is 122 Å². The molecule has 0 fully saturated rings. The number of hydrogen-bond acceptors (Lipinski definition) is 23. The van der Waals surface area contributed by atoms with Gasteiger partial charge in [0.05, 0.1) is 30.9 Å². The summed E-state index contributed by atoms with van der Waals surface area (Å²) in [5.41, 5.74) is 2.09. The van der Waals surface area contributed by atoms with E-state index in [2.05, 4.69) is 35.8 Å². The molecule has 1 heterocycles. The summed E-state index contributed by atoms with van der Waals surface area (Å²) in [5, 5.41) is 56.9. The quantitative estimate of drug-likeness (QED) is 0.0431. The number of nitrogens with two attached hydrogens (primary N) is 1. The van der Waals surface area contributed by atoms with Crippen molar-refractivity contribution in [2.75, 3.05) is 38.5 Å². The number of aliphatic hydroxyl groups is 2. The SMILES string of the molecule is COc1cc(S(=O)(=O)O)c(C)cc1/N=N/c1cc(OCCO)c(/N=N/c2c(S(=O)(=O)O)cc3c(S(=O)(=O)O)c(/N=N/C4C(=O)N(c5ccc(S(=O)(=O)O)cc5)N=C4C(N)=O)ccc3c2O)cc1OCCO. The molecule has 6 rings (SSSR count). The van der Waals surface area contributed by atoms with Gasteiger partial charge in [-0.15, -0.1) is 20.5 Å². The predicted octanol–water partition coefficient (Wildman–Crippen LogP) is 3.76. The molecule has 0 saturated carbocycles. The Morgan fingerprint density at radius 3 is 1.72 bits per heavy atom. The molecule has 1 atom stereocenters. The first-order valence-corrected chi connectivity index (χ1v) is 25.1. The molecule has 0 saturated heterocycles. The normalized spacial score (nSPS) is 14.8. The van der Waals surface area contributed by atoms with Crippen LogP contribution >= 0.6 is 0 Å². The van der Waals surface area contributed by atoms with Crippen LogP contribution in [0.4, 0.5) is 34.1 Å². The number of nitrogens with zero attached hydrogens (tertiary/aromatic N) is 8. The Hall–Kier alpha value is -7.47. The maximum atomic E-state index is 13.4. The Labute approximate surface area is 400 Å². The lowest BCUT2D eigenvalue weighted by molar-refractivity contribution is -0.118. The molecule has 0 radical (unpaired) electrons. The number of benzene rings is 5. The topological polar surface area (TPSA) is 456 Å². The minimum atomic E-state index is -5.54. The molecular formula is C38H35N9O20S4. The lowest BCUT2D eigenvalue weighted by Gasteiger charge is -2.14. The number of hydrazone groups is 1. The highest BCUT2D eigenvalue weighted by atomic mass is 32.2. The average Bonchev–Trinajstić information content (AvgIpc) is 3.62. The number of phenols is 1. The van der Waals surface area contributed by atoms with E-state index in [0.717, 1.165) is 54.6 Å². The van der Waals surface area contributed by atoms with Gasteiger partial charge in [-0.25, -0.2) is 0 Å². The van der Waals surface area contributed by atoms with E-state index in [-0.39, 0.29) is 52.2 Å². The van der Waals surface area contributed by atoms with Crippen LogP contribution in [-0.2, 0) is 50.1 Å². The lowest BCUT2D eigenvalue weighted by Crippen LogP contribution is -2.35. The second-order valence-electron chi connectivity index (χ2n) is 14.2. The fourth-order valence-electron chi connectivity index (χ4n) is 6.44. The zero-order valence-electron chi connectivity index (χ0n) is 36.0. The second kappa shape index (κ2) is 20.5. The smallest absolute Gasteiger partial charge is 0.297 e. The van der Waals surface area contributed by atoms with Gasteiger partial charge in [0.25, 0.3) is 52.3 Å². The van der Waals surface area contributed by atoms with Crippen molar-refractivity contribution >= 4 is 103 Å². The fourth-order valence-corrected chi connectivity index (χ4v) is 9.11. The maximum absolute atomic E-state index is 13.4. The van der Waals surface area contributed by atoms with Crippen LogP contribution in [0.1, 0.15) is 5.56 Å². The van der Waals surface area contributed by atoms with Gasteiger partial charge in [0.2, 0.25) is 6.04 Å². The van der Waals surface area contributed by atoms with E-state index in [1.807, 2.05) is 0 Å². The molecule has 71 heavy (non-hydrogen) atoms. The number of amides is 2. The Morgan fingerprint density at radius 2 is 1.23 bits per heavy atom. The van der Waals surface area contributed by atoms with Gasteiger partial charge in [0, 0.05) is 29.0 Å². The summed E-state index contributed by atoms with van der Waals surface area (Å²) in [7, 11) is -19.2. The highest BCUT2D eigenvalue weighted by molar-refractivity contribution is 7.87. The van der Waals surface area contributed by atoms with Crippen molar-refractivity contribution in [3.63, 3.8) is 0 Å². The molecule has 1 aliphatic rings. The summed E-state index contributed by atoms with van der Waals surface area (Å²) in [6.07, 6.45) is 0. The van der Waals surface area contributed by atoms with Crippen molar-refractivity contribution in [1.82, 2.24) is 0 Å². The number of methoxy groups -OCH3 is 1. The number of fused-ring (bicyclic) bond motifs is 1. The third-order valence-electron chi connectivity index (χ3n) is 9.54. The molecule has 1 aliphatic heterocycles. The van der Waals surface area contributed by atoms with Crippen LogP contribution in [0.5, 0.6) is 23.0 Å². The second-order valence-corrected chi connectivity index (χ2v) is 19.8. The first-order valence-electron chi connectivity index (χ1n) is 19.3. The largest absolute Gasteiger partial charge is 0.505 e. The van der Waals surface area contributed by atoms with E-state index in [1.54, 1.807) is 0 Å². The molecule has 0 spiro atoms. The van der Waals surface area contributed by atoms with Crippen molar-refractivity contribution in [2.45, 2.75) is 32.5 Å². The third-order valence-corrected chi connectivity index (χ3v) is 13.2. The van der Waals surface area contributed by atoms with E-state index in [9.17, 15) is 76.8 Å². The van der Waals surface area contributed by atoms with Crippen LogP contribution in [-0.4, -0.2) is 124 Å². The highest BCUT2D eigenvalue weighted by Gasteiger charge is 2.40. The van der Waals surface area contributed by atoms with Gasteiger partial charge < -0.3 is 35.3 Å². The Morgan fingerprint density at radius 1 is 0.676 bits per heavy atom. The number of anilines is 1. The monoisotopic (exact) mass is 1070 g/mol. The van der Waals surface area contributed by atoms with Crippen molar-refractivity contribution in [2.24, 2.45) is 41.5 Å². The van der Waals surface area contributed by atoms with Gasteiger partial charge in [-0.3, -0.25) is 27.8 Å². The molecule has 0 aromatic heterocycles. The molecule has 5 aromatic rings. The van der Waals surface area contributed by atoms with E-state index >= 15 is 0 Å². The lowest BCUT2D eigenvalue weighted by atomic mass is 10.1. The molecule has 2 amide bonds. The third kappa shape index (κ3) is 11.6. The van der Waals surface area contributed by atoms with Crippen molar-refractivity contribution in [3.05, 3.63) is 72.3 Å². The van der Waals surface area contributed by atoms with Crippen molar-refractivity contribution < 1.29 is 91.0 Å². The molecule has 29 nitrogen and oxygen atoms in total. The van der Waals surface area contributed by atoms with E-state index in [1.165, 1.54) is 20.1 Å². The number of ether oxygens (including phenoxy) is 3. The molecule has 376 valence electrons. The number of rotatable bonds is 19. The van der Waals surface area contributed by atoms with Gasteiger partial charge in [0.15, 0.2) is 11.5 Å². The van der Waals surface area contributed by atoms with Gasteiger partial charge in [-0.2, -0.15) is 54.0 Å². The summed E-state index contributed by atoms with van der Waals surface area (Å²) in [6.45, 7) is -0.545. The fraction of sp³-hybridized carbons (Fsp3) is 0.184. The van der Waals surface area contributed by atoms with Crippen molar-refractivity contribution in [1.29, 1.82) is 0 Å². The Kier molecular flexibility index (Phi) is 15.3. The molecule has 33 heteroatoms. The molecule has 0 aliphatic carbocycles. The Balaban J connectivity index is 1.45. The summed E-state index contributed by atoms with van der Waals surface area (Å²) in [6, 6.07) is 8.46. The standard InChI is InChI=1S/C38H35N9O20S4/c1-18-13-24(27(65-2)17-30(18)69(56,57)58)41-42-25-15-29(67-12-10-49)26(16-28(25)66-11-9-48)43-44-32-31(70(59,60)61)14-22-21(35(32)50)7-8-23(36(22)71(62,63)64)40-45-34-33(37(39)51)46-47(38(34)52)19-3-5-20(6-4-19)68(53,54)55/h3-8,13-17,34,48-50H,9-12H2,1-2H3,(H2,39,51)(H,53,54,55)(H,56,57,58)(H,59,60,61)(H,62,63,64)/b42-41+,44-43+,45-40+. The van der Waals surface area contributed by atoms with E-state index in [0.29, 0.717) is 11.1 Å². The molecular weight excluding hydrogens is 1030 g/mol. The predicted molar refractivity (Wildman–Crippen MR) is 241 cm³/mol. The number of aliphatic hydroxyl groups excluding tert-OH is 2. The minimum Gasteiger partial charge on any atom is -0.505 e. The van der Waals surface area contributed by atoms with Gasteiger partial charge in [0.1, 0.15) is 73.6 Å². The number of azo groups is 3. The molecule has 1 unspecified atom stereocenters. The van der Waals surface area contributed by atoms with Gasteiger partial charge in [-0.1, -0.05) is 0 Å². The number of hydrogen-bond donors (Lipinski definition) is 8. The van der Waals surface area contributed by atoms with E-state index in [4.69, 9.17) is 19.9 Å². The first kappa shape index (κ1) is 52.9. The zero-order chi connectivity index (χ0) is 52.4. The highest BCUT2D eigenvalue weighted by Crippen LogP contribution is 2.47. The molecule has 5 aromatic carbocycles. The molecule has 9 N–H and O–H groups in total. The summed E-state index contributed by atoms with van der Waals surface area (Å²) in [5.74, 6) is -4.28. The maximum Gasteiger partial charge on any atom is 0.297 e. The van der Waals surface area contributed by atoms with Crippen LogP contribution < -0.4 is 25.0 Å². The Bertz CT molecular complexity index is 3590. The summed E-state index contributed by atoms with van der Waals surface area (Å²) < 4.78 is 154. The number of primary amides is 1. The average molecular weight is 1070 g/mol. The van der Waals surface area contributed by atoms with Crippen LogP contribution in [0.25, 0.3) is 10.8 Å². The van der Waals surface area contributed by atoms with Crippen molar-refractivity contribution in [3.8, 4) is 23.0 Å². The molecule has 0 bridgehead atoms. The number of phenolic OH excluding ortho intramolecular Hbond substituents is 1. The van der Waals surface area contributed by atoms with Gasteiger partial charge in [-0.05, 0) is 61.0 Å². The number of aryl methyl sites for hydroxylation is 1. The number of aromatic hydroxyl groups is 1. The minimum absolute atomic E-state index is 0.0438.